The lowest BCUT2D eigenvalue weighted by molar-refractivity contribution is -0.0641. The topological polar surface area (TPSA) is 112 Å². The van der Waals surface area contributed by atoms with Crippen LogP contribution in [0.5, 0.6) is 0 Å². The van der Waals surface area contributed by atoms with Crippen molar-refractivity contribution in [2.45, 2.75) is 37.9 Å². The van der Waals surface area contributed by atoms with Crippen LogP contribution in [0.15, 0.2) is 52.2 Å². The molecule has 1 aliphatic rings. The van der Waals surface area contributed by atoms with Gasteiger partial charge in [0.1, 0.15) is 25.0 Å². The number of aromatic nitrogens is 2. The van der Waals surface area contributed by atoms with Gasteiger partial charge in [0.25, 0.3) is 5.56 Å². The van der Waals surface area contributed by atoms with Crippen LogP contribution in [0.25, 0.3) is 0 Å². The molecule has 146 valence electrons. The maximum absolute atomic E-state index is 12.9. The highest BCUT2D eigenvalue weighted by Crippen LogP contribution is 2.30. The molecule has 0 spiro atoms. The van der Waals surface area contributed by atoms with Crippen LogP contribution in [0.4, 0.5) is 0 Å². The van der Waals surface area contributed by atoms with Gasteiger partial charge in [0.2, 0.25) is 0 Å². The summed E-state index contributed by atoms with van der Waals surface area (Å²) in [7, 11) is -2.88. The van der Waals surface area contributed by atoms with Gasteiger partial charge in [0.15, 0.2) is 6.23 Å². The van der Waals surface area contributed by atoms with Gasteiger partial charge in [0, 0.05) is 19.3 Å². The van der Waals surface area contributed by atoms with Gasteiger partial charge >= 0.3 is 5.69 Å². The third-order valence-corrected chi connectivity index (χ3v) is 4.33. The number of hydrogen-bond donors (Lipinski definition) is 2. The van der Waals surface area contributed by atoms with Crippen LogP contribution < -0.4 is 11.2 Å². The normalized spacial score (nSPS) is 27.1. The molecule has 0 amide bonds. The lowest BCUT2D eigenvalue weighted by atomic mass is 10.1. The summed E-state index contributed by atoms with van der Waals surface area (Å²) in [5, 5.41) is 19.6. The van der Waals surface area contributed by atoms with E-state index < -0.39 is 49.4 Å². The smallest absolute Gasteiger partial charge is 0.335 e. The Morgan fingerprint density at radius 2 is 2.04 bits per heavy atom. The Hall–Kier alpha value is -2.30. The zero-order valence-corrected chi connectivity index (χ0v) is 14.3. The summed E-state index contributed by atoms with van der Waals surface area (Å²) >= 11 is 0. The number of ether oxygens (including phenoxy) is 3. The summed E-state index contributed by atoms with van der Waals surface area (Å²) < 4.78 is 39.4. The van der Waals surface area contributed by atoms with Gasteiger partial charge in [0.05, 0.1) is 17.3 Å². The number of hydrogen-bond acceptors (Lipinski definition) is 7. The zero-order valence-electron chi connectivity index (χ0n) is 17.3. The molecule has 2 aromatic rings. The molecule has 1 aromatic carbocycles. The molecular weight excluding hydrogens is 356 g/mol. The molecule has 0 radical (unpaired) electrons. The minimum atomic E-state index is -2.88. The van der Waals surface area contributed by atoms with Crippen LogP contribution in [0, 0.1) is 0 Å². The lowest BCUT2D eigenvalue weighted by Crippen LogP contribution is -2.43. The van der Waals surface area contributed by atoms with E-state index in [0.29, 0.717) is 0 Å². The van der Waals surface area contributed by atoms with Crippen molar-refractivity contribution in [2.24, 2.45) is 0 Å². The van der Waals surface area contributed by atoms with Crippen molar-refractivity contribution in [1.82, 2.24) is 9.13 Å². The van der Waals surface area contributed by atoms with Crippen molar-refractivity contribution >= 4 is 0 Å². The average molecular weight is 381 g/mol. The molecule has 1 fully saturated rings. The summed E-state index contributed by atoms with van der Waals surface area (Å²) in [5.74, 6) is 0. The summed E-state index contributed by atoms with van der Waals surface area (Å²) in [6, 6.07) is 10.2. The quantitative estimate of drug-likeness (QED) is 0.662. The highest BCUT2D eigenvalue weighted by molar-refractivity contribution is 5.13. The third kappa shape index (κ3) is 4.02. The van der Waals surface area contributed by atoms with Crippen molar-refractivity contribution in [3.63, 3.8) is 0 Å². The van der Waals surface area contributed by atoms with E-state index in [0.717, 1.165) is 27.0 Å². The molecule has 0 saturated carbocycles. The summed E-state index contributed by atoms with van der Waals surface area (Å²) in [5.41, 5.74) is -0.624. The van der Waals surface area contributed by atoms with E-state index in [2.05, 4.69) is 0 Å². The van der Waals surface area contributed by atoms with Crippen molar-refractivity contribution < 1.29 is 28.5 Å². The standard InChI is InChI=1S/C18H22N2O7/c1-25-16-15(23)13(9-21)27-17(16)19-8-7-14(22)20(18(19)24)11-26-10-12-5-3-2-4-6-12/h2-8,13,15-17,21,23H,9-11H2,1H3/t13-,15-,16-,17-/m1/s1/i1D3. The van der Waals surface area contributed by atoms with Crippen LogP contribution >= 0.6 is 0 Å². The average Bonchev–Trinajstić information content (AvgIpc) is 2.99. The van der Waals surface area contributed by atoms with E-state index in [1.165, 1.54) is 0 Å². The molecular formula is C18H22N2O7. The summed E-state index contributed by atoms with van der Waals surface area (Å²) in [4.78, 5) is 25.0. The minimum absolute atomic E-state index is 0.164. The molecule has 0 unspecified atom stereocenters. The maximum Gasteiger partial charge on any atom is 0.335 e. The Morgan fingerprint density at radius 1 is 1.26 bits per heavy atom. The van der Waals surface area contributed by atoms with E-state index >= 15 is 0 Å². The molecule has 0 bridgehead atoms. The number of aliphatic hydroxyl groups is 2. The van der Waals surface area contributed by atoms with E-state index in [-0.39, 0.29) is 13.3 Å². The maximum atomic E-state index is 12.9. The largest absolute Gasteiger partial charge is 0.394 e. The molecule has 1 saturated heterocycles. The van der Waals surface area contributed by atoms with Crippen LogP contribution in [-0.4, -0.2) is 51.3 Å². The first-order chi connectivity index (χ1) is 14.2. The van der Waals surface area contributed by atoms with Gasteiger partial charge in [-0.05, 0) is 5.56 Å². The van der Waals surface area contributed by atoms with Gasteiger partial charge in [-0.2, -0.15) is 0 Å². The monoisotopic (exact) mass is 381 g/mol. The van der Waals surface area contributed by atoms with Crippen LogP contribution in [0.1, 0.15) is 15.9 Å². The first-order valence-electron chi connectivity index (χ1n) is 9.77. The molecule has 1 aliphatic heterocycles. The molecule has 3 rings (SSSR count). The van der Waals surface area contributed by atoms with Gasteiger partial charge in [-0.15, -0.1) is 0 Å². The van der Waals surface area contributed by atoms with Crippen molar-refractivity contribution in [3.8, 4) is 0 Å². The Bertz CT molecular complexity index is 961. The van der Waals surface area contributed by atoms with Crippen LogP contribution in [0.2, 0.25) is 0 Å². The van der Waals surface area contributed by atoms with E-state index in [1.54, 1.807) is 0 Å². The van der Waals surface area contributed by atoms with Gasteiger partial charge in [-0.25, -0.2) is 9.36 Å². The number of nitrogens with zero attached hydrogens (tertiary/aromatic N) is 2. The number of benzene rings is 1. The van der Waals surface area contributed by atoms with E-state index in [9.17, 15) is 19.8 Å². The molecule has 2 heterocycles. The SMILES string of the molecule is [2H]C([2H])([2H])O[C@@H]1[C@H](O)[C@@H](CO)O[C@H]1n1ccc(=O)n(COCc2ccccc2)c1=O. The predicted molar refractivity (Wildman–Crippen MR) is 94.0 cm³/mol. The van der Waals surface area contributed by atoms with Gasteiger partial charge < -0.3 is 24.4 Å². The Kier molecular flexibility index (Phi) is 5.01. The fraction of sp³-hybridized carbons (Fsp3) is 0.444. The summed E-state index contributed by atoms with van der Waals surface area (Å²) in [6.07, 6.45) is -4.38. The second-order valence-electron chi connectivity index (χ2n) is 6.06. The molecule has 27 heavy (non-hydrogen) atoms. The van der Waals surface area contributed by atoms with Crippen LogP contribution in [0.3, 0.4) is 0 Å². The molecule has 1 aromatic heterocycles. The van der Waals surface area contributed by atoms with Crippen molar-refractivity contribution in [2.75, 3.05) is 13.6 Å². The molecule has 0 aliphatic carbocycles. The summed E-state index contributed by atoms with van der Waals surface area (Å²) in [6.45, 7) is -0.804. The lowest BCUT2D eigenvalue weighted by Gasteiger charge is -2.21. The van der Waals surface area contributed by atoms with Gasteiger partial charge in [-0.3, -0.25) is 9.36 Å². The van der Waals surface area contributed by atoms with Crippen molar-refractivity contribution in [1.29, 1.82) is 0 Å². The fourth-order valence-electron chi connectivity index (χ4n) is 2.89. The van der Waals surface area contributed by atoms with Crippen molar-refractivity contribution in [3.05, 3.63) is 69.0 Å². The highest BCUT2D eigenvalue weighted by atomic mass is 16.6. The zero-order chi connectivity index (χ0) is 21.9. The third-order valence-electron chi connectivity index (χ3n) is 4.33. The van der Waals surface area contributed by atoms with Gasteiger partial charge in [-0.1, -0.05) is 30.3 Å². The Labute approximate surface area is 159 Å². The second-order valence-corrected chi connectivity index (χ2v) is 6.06. The Balaban J connectivity index is 1.85. The van der Waals surface area contributed by atoms with E-state index in [1.807, 2.05) is 30.3 Å². The first kappa shape index (κ1) is 15.7. The number of methoxy groups -OCH3 is 1. The molecule has 9 heteroatoms. The highest BCUT2D eigenvalue weighted by Gasteiger charge is 2.45. The number of rotatable bonds is 7. The molecule has 2 N–H and O–H groups in total. The van der Waals surface area contributed by atoms with E-state index in [4.69, 9.17) is 18.3 Å². The first-order valence-corrected chi connectivity index (χ1v) is 8.27. The molecule has 4 atom stereocenters. The minimum Gasteiger partial charge on any atom is -0.394 e. The predicted octanol–water partition coefficient (Wildman–Crippen LogP) is -0.550. The fourth-order valence-corrected chi connectivity index (χ4v) is 2.89. The second kappa shape index (κ2) is 8.59. The Morgan fingerprint density at radius 3 is 2.74 bits per heavy atom. The van der Waals surface area contributed by atoms with Crippen LogP contribution in [-0.2, 0) is 27.5 Å². The molecule has 9 nitrogen and oxygen atoms in total. The number of aliphatic hydroxyl groups excluding tert-OH is 2.